The number of carbonyl (C=O) groups is 1. The van der Waals surface area contributed by atoms with Crippen LogP contribution in [0.4, 0.5) is 33.9 Å². The number of ether oxygens (including phenoxy) is 1. The Balaban J connectivity index is 1.17. The van der Waals surface area contributed by atoms with E-state index in [2.05, 4.69) is 15.4 Å². The summed E-state index contributed by atoms with van der Waals surface area (Å²) in [5, 5.41) is 7.66. The lowest BCUT2D eigenvalue weighted by Crippen LogP contribution is -2.39. The van der Waals surface area contributed by atoms with Crippen molar-refractivity contribution in [3.05, 3.63) is 66.4 Å². The van der Waals surface area contributed by atoms with Crippen LogP contribution >= 0.6 is 0 Å². The maximum Gasteiger partial charge on any atom is 0.417 e. The second kappa shape index (κ2) is 8.86. The molecule has 3 heterocycles. The number of alkyl halides is 3. The van der Waals surface area contributed by atoms with Crippen molar-refractivity contribution >= 4 is 17.6 Å². The molecule has 2 aromatic heterocycles. The molecule has 0 unspecified atom stereocenters. The van der Waals surface area contributed by atoms with Gasteiger partial charge in [-0.25, -0.2) is 13.9 Å². The molecule has 2 aliphatic rings. The predicted octanol–water partition coefficient (Wildman–Crippen LogP) is 5.42. The molecule has 35 heavy (non-hydrogen) atoms. The molecule has 7 nitrogen and oxygen atoms in total. The summed E-state index contributed by atoms with van der Waals surface area (Å²) in [6.45, 7) is 0.849. The van der Waals surface area contributed by atoms with Gasteiger partial charge in [0.2, 0.25) is 0 Å². The van der Waals surface area contributed by atoms with Crippen LogP contribution < -0.4 is 10.2 Å². The van der Waals surface area contributed by atoms with Gasteiger partial charge in [0.1, 0.15) is 22.9 Å². The van der Waals surface area contributed by atoms with E-state index in [1.165, 1.54) is 21.8 Å². The third-order valence-electron chi connectivity index (χ3n) is 6.61. The van der Waals surface area contributed by atoms with E-state index in [4.69, 9.17) is 4.74 Å². The molecule has 1 amide bonds. The van der Waals surface area contributed by atoms with Gasteiger partial charge in [-0.15, -0.1) is 0 Å². The summed E-state index contributed by atoms with van der Waals surface area (Å²) < 4.78 is 60.2. The summed E-state index contributed by atoms with van der Waals surface area (Å²) >= 11 is 0. The van der Waals surface area contributed by atoms with Crippen LogP contribution in [0.2, 0.25) is 0 Å². The quantitative estimate of drug-likeness (QED) is 0.485. The van der Waals surface area contributed by atoms with Crippen molar-refractivity contribution in [2.24, 2.45) is 5.92 Å². The molecule has 0 bridgehead atoms. The van der Waals surface area contributed by atoms with Gasteiger partial charge in [-0.2, -0.15) is 18.3 Å². The number of benzene rings is 1. The van der Waals surface area contributed by atoms with E-state index in [1.807, 2.05) is 0 Å². The Morgan fingerprint density at radius 2 is 1.91 bits per heavy atom. The summed E-state index contributed by atoms with van der Waals surface area (Å²) in [6, 6.07) is 9.08. The fourth-order valence-corrected chi connectivity index (χ4v) is 4.66. The molecule has 0 radical (unpaired) electrons. The van der Waals surface area contributed by atoms with Crippen LogP contribution in [0.15, 0.2) is 55.0 Å². The Hall–Kier alpha value is -3.63. The van der Waals surface area contributed by atoms with Crippen LogP contribution in [0.25, 0.3) is 5.69 Å². The standard InChI is InChI=1S/C24H23F4N5O2/c25-19-3-1-2-4-20(19)33-10-7-21(31-33)30-12-16-5-8-23(9-6-16)15-32(22(34)35-23)18-11-17(13-29-14-18)24(26,27)28/h1-4,7,10-11,13-14,16H,5-6,8-9,12,15H2,(H,30,31). The highest BCUT2D eigenvalue weighted by atomic mass is 19.4. The summed E-state index contributed by atoms with van der Waals surface area (Å²) in [7, 11) is 0. The maximum absolute atomic E-state index is 14.0. The fourth-order valence-electron chi connectivity index (χ4n) is 4.66. The molecule has 11 heteroatoms. The molecule has 184 valence electrons. The first-order chi connectivity index (χ1) is 16.7. The number of hydrogen-bond donors (Lipinski definition) is 1. The monoisotopic (exact) mass is 489 g/mol. The smallest absolute Gasteiger partial charge is 0.417 e. The number of anilines is 2. The molecule has 1 aromatic carbocycles. The molecule has 1 N–H and O–H groups in total. The van der Waals surface area contributed by atoms with Gasteiger partial charge >= 0.3 is 12.3 Å². The molecule has 1 aliphatic heterocycles. The average molecular weight is 489 g/mol. The molecule has 5 rings (SSSR count). The number of pyridine rings is 1. The molecule has 1 saturated heterocycles. The largest absolute Gasteiger partial charge is 0.441 e. The summed E-state index contributed by atoms with van der Waals surface area (Å²) in [5.41, 5.74) is -1.18. The topological polar surface area (TPSA) is 72.3 Å². The minimum atomic E-state index is -4.54. The number of amides is 1. The number of carbonyl (C=O) groups excluding carboxylic acids is 1. The van der Waals surface area contributed by atoms with Crippen LogP contribution in [0, 0.1) is 11.7 Å². The van der Waals surface area contributed by atoms with Crippen molar-refractivity contribution in [2.45, 2.75) is 37.5 Å². The van der Waals surface area contributed by atoms with Gasteiger partial charge in [0.25, 0.3) is 0 Å². The summed E-state index contributed by atoms with van der Waals surface area (Å²) in [6.07, 6.45) is 1.25. The molecule has 2 fully saturated rings. The number of hydrogen-bond acceptors (Lipinski definition) is 5. The number of aromatic nitrogens is 3. The zero-order valence-corrected chi connectivity index (χ0v) is 18.6. The molecule has 3 aromatic rings. The van der Waals surface area contributed by atoms with Gasteiger partial charge in [0.15, 0.2) is 0 Å². The Morgan fingerprint density at radius 3 is 2.66 bits per heavy atom. The van der Waals surface area contributed by atoms with Gasteiger partial charge in [-0.3, -0.25) is 9.88 Å². The average Bonchev–Trinajstić information content (AvgIpc) is 3.43. The van der Waals surface area contributed by atoms with Crippen LogP contribution in [-0.2, 0) is 10.9 Å². The van der Waals surface area contributed by atoms with Crippen molar-refractivity contribution in [3.63, 3.8) is 0 Å². The number of halogens is 4. The van der Waals surface area contributed by atoms with Crippen molar-refractivity contribution in [3.8, 4) is 5.69 Å². The number of nitrogens with zero attached hydrogens (tertiary/aromatic N) is 4. The van der Waals surface area contributed by atoms with Gasteiger partial charge in [-0.1, -0.05) is 12.1 Å². The highest BCUT2D eigenvalue weighted by Gasteiger charge is 2.48. The van der Waals surface area contributed by atoms with E-state index >= 15 is 0 Å². The van der Waals surface area contributed by atoms with Gasteiger partial charge in [0, 0.05) is 25.0 Å². The van der Waals surface area contributed by atoms with Crippen LogP contribution in [0.5, 0.6) is 0 Å². The SMILES string of the molecule is O=C1OC2(CCC(CNc3ccn(-c4ccccc4F)n3)CC2)CN1c1cncc(C(F)(F)F)c1. The Kier molecular flexibility index (Phi) is 5.86. The summed E-state index contributed by atoms with van der Waals surface area (Å²) in [4.78, 5) is 17.4. The maximum atomic E-state index is 14.0. The van der Waals surface area contributed by atoms with E-state index in [0.717, 1.165) is 25.1 Å². The zero-order valence-electron chi connectivity index (χ0n) is 18.6. The lowest BCUT2D eigenvalue weighted by Gasteiger charge is -2.35. The first-order valence-corrected chi connectivity index (χ1v) is 11.3. The fraction of sp³-hybridized carbons (Fsp3) is 0.375. The molecular weight excluding hydrogens is 466 g/mol. The minimum absolute atomic E-state index is 0.0796. The summed E-state index contributed by atoms with van der Waals surface area (Å²) in [5.74, 6) is 0.576. The van der Waals surface area contributed by atoms with Crippen LogP contribution in [0.1, 0.15) is 31.2 Å². The van der Waals surface area contributed by atoms with Crippen molar-refractivity contribution < 1.29 is 27.1 Å². The second-order valence-electron chi connectivity index (χ2n) is 8.99. The zero-order chi connectivity index (χ0) is 24.6. The predicted molar refractivity (Wildman–Crippen MR) is 120 cm³/mol. The Morgan fingerprint density at radius 1 is 1.14 bits per heavy atom. The second-order valence-corrected chi connectivity index (χ2v) is 8.99. The molecule has 0 atom stereocenters. The van der Waals surface area contributed by atoms with Gasteiger partial charge in [-0.05, 0) is 49.8 Å². The number of para-hydroxylation sites is 1. The molecule has 1 aliphatic carbocycles. The number of nitrogens with one attached hydrogen (secondary N) is 1. The van der Waals surface area contributed by atoms with E-state index < -0.39 is 23.4 Å². The lowest BCUT2D eigenvalue weighted by atomic mass is 9.78. The van der Waals surface area contributed by atoms with E-state index in [0.29, 0.717) is 36.8 Å². The Labute approximate surface area is 198 Å². The van der Waals surface area contributed by atoms with Crippen molar-refractivity contribution in [2.75, 3.05) is 23.3 Å². The normalized spacial score (nSPS) is 22.5. The molecule has 1 spiro atoms. The van der Waals surface area contributed by atoms with Gasteiger partial charge in [0.05, 0.1) is 24.0 Å². The van der Waals surface area contributed by atoms with Crippen molar-refractivity contribution in [1.29, 1.82) is 0 Å². The van der Waals surface area contributed by atoms with E-state index in [-0.39, 0.29) is 18.0 Å². The number of rotatable bonds is 5. The first-order valence-electron chi connectivity index (χ1n) is 11.3. The van der Waals surface area contributed by atoms with Gasteiger partial charge < -0.3 is 10.1 Å². The van der Waals surface area contributed by atoms with E-state index in [1.54, 1.807) is 30.5 Å². The Bertz CT molecular complexity index is 1220. The van der Waals surface area contributed by atoms with E-state index in [9.17, 15) is 22.4 Å². The third-order valence-corrected chi connectivity index (χ3v) is 6.61. The first kappa shape index (κ1) is 23.1. The lowest BCUT2D eigenvalue weighted by molar-refractivity contribution is -0.137. The highest BCUT2D eigenvalue weighted by molar-refractivity contribution is 5.90. The third kappa shape index (κ3) is 4.80. The van der Waals surface area contributed by atoms with Crippen molar-refractivity contribution in [1.82, 2.24) is 14.8 Å². The van der Waals surface area contributed by atoms with Crippen LogP contribution in [-0.4, -0.2) is 39.5 Å². The molecular formula is C24H23F4N5O2. The van der Waals surface area contributed by atoms with Crippen LogP contribution in [0.3, 0.4) is 0 Å². The minimum Gasteiger partial charge on any atom is -0.441 e. The molecule has 1 saturated carbocycles. The highest BCUT2D eigenvalue weighted by Crippen LogP contribution is 2.41.